The number of ether oxygens (including phenoxy) is 2. The largest absolute Gasteiger partial charge is 0.493 e. The molecular formula is C14H18FN3O3. The molecule has 0 atom stereocenters. The lowest BCUT2D eigenvalue weighted by atomic mass is 10.2. The Labute approximate surface area is 122 Å². The van der Waals surface area contributed by atoms with E-state index in [2.05, 4.69) is 15.5 Å². The predicted molar refractivity (Wildman–Crippen MR) is 75.1 cm³/mol. The van der Waals surface area contributed by atoms with Gasteiger partial charge in [-0.2, -0.15) is 4.98 Å². The highest BCUT2D eigenvalue weighted by atomic mass is 19.1. The molecule has 6 nitrogen and oxygen atoms in total. The molecule has 0 bridgehead atoms. The number of nitrogens with zero attached hydrogens (tertiary/aromatic N) is 2. The maximum Gasteiger partial charge on any atom is 0.245 e. The average molecular weight is 295 g/mol. The second kappa shape index (κ2) is 6.92. The van der Waals surface area contributed by atoms with Crippen LogP contribution < -0.4 is 14.8 Å². The molecule has 0 aliphatic heterocycles. The number of rotatable bonds is 7. The summed E-state index contributed by atoms with van der Waals surface area (Å²) in [6.07, 6.45) is 1.70. The van der Waals surface area contributed by atoms with Crippen LogP contribution in [0.1, 0.15) is 25.1 Å². The molecule has 114 valence electrons. The first-order chi connectivity index (χ1) is 10.2. The molecule has 1 heterocycles. The minimum atomic E-state index is -0.444. The molecule has 0 amide bonds. The van der Waals surface area contributed by atoms with Gasteiger partial charge in [0.05, 0.1) is 26.5 Å². The Kier molecular flexibility index (Phi) is 4.97. The van der Waals surface area contributed by atoms with Crippen LogP contribution in [0.5, 0.6) is 11.5 Å². The average Bonchev–Trinajstić information content (AvgIpc) is 2.93. The highest BCUT2D eigenvalue weighted by Crippen LogP contribution is 2.32. The van der Waals surface area contributed by atoms with Crippen molar-refractivity contribution in [1.82, 2.24) is 10.1 Å². The van der Waals surface area contributed by atoms with E-state index in [9.17, 15) is 4.39 Å². The maximum absolute atomic E-state index is 13.9. The number of nitrogens with one attached hydrogen (secondary N) is 1. The zero-order valence-corrected chi connectivity index (χ0v) is 12.3. The van der Waals surface area contributed by atoms with Gasteiger partial charge in [0.25, 0.3) is 0 Å². The second-order valence-corrected chi connectivity index (χ2v) is 4.39. The normalized spacial score (nSPS) is 10.5. The van der Waals surface area contributed by atoms with Gasteiger partial charge in [-0.15, -0.1) is 0 Å². The zero-order chi connectivity index (χ0) is 15.2. The van der Waals surface area contributed by atoms with Gasteiger partial charge >= 0.3 is 0 Å². The Bertz CT molecular complexity index is 601. The first-order valence-electron chi connectivity index (χ1n) is 6.64. The van der Waals surface area contributed by atoms with E-state index in [1.54, 1.807) is 0 Å². The van der Waals surface area contributed by atoms with Gasteiger partial charge in [0.1, 0.15) is 5.82 Å². The summed E-state index contributed by atoms with van der Waals surface area (Å²) in [5.74, 6) is 1.40. The molecule has 1 aromatic carbocycles. The molecule has 1 aromatic heterocycles. The van der Waals surface area contributed by atoms with Crippen molar-refractivity contribution >= 4 is 5.69 Å². The SMILES string of the molecule is CCCc1noc(CNc2cc(OC)c(OC)cc2F)n1. The fraction of sp³-hybridized carbons (Fsp3) is 0.429. The summed E-state index contributed by atoms with van der Waals surface area (Å²) >= 11 is 0. The Balaban J connectivity index is 2.08. The highest BCUT2D eigenvalue weighted by molar-refractivity contribution is 5.55. The molecule has 0 spiro atoms. The molecule has 2 aromatic rings. The van der Waals surface area contributed by atoms with Crippen molar-refractivity contribution in [2.24, 2.45) is 0 Å². The zero-order valence-electron chi connectivity index (χ0n) is 12.3. The van der Waals surface area contributed by atoms with Gasteiger partial charge in [0.2, 0.25) is 5.89 Å². The van der Waals surface area contributed by atoms with Crippen molar-refractivity contribution in [2.45, 2.75) is 26.3 Å². The second-order valence-electron chi connectivity index (χ2n) is 4.39. The fourth-order valence-electron chi connectivity index (χ4n) is 1.85. The van der Waals surface area contributed by atoms with Gasteiger partial charge < -0.3 is 19.3 Å². The topological polar surface area (TPSA) is 69.4 Å². The quantitative estimate of drug-likeness (QED) is 0.847. The maximum atomic E-state index is 13.9. The van der Waals surface area contributed by atoms with Crippen molar-refractivity contribution in [3.05, 3.63) is 29.7 Å². The molecule has 0 aliphatic rings. The first kappa shape index (κ1) is 15.1. The highest BCUT2D eigenvalue weighted by Gasteiger charge is 2.12. The van der Waals surface area contributed by atoms with Crippen molar-refractivity contribution in [3.8, 4) is 11.5 Å². The van der Waals surface area contributed by atoms with Gasteiger partial charge in [-0.05, 0) is 6.42 Å². The van der Waals surface area contributed by atoms with Crippen LogP contribution in [0.2, 0.25) is 0 Å². The van der Waals surface area contributed by atoms with E-state index in [1.807, 2.05) is 6.92 Å². The lowest BCUT2D eigenvalue weighted by molar-refractivity contribution is 0.352. The molecule has 2 rings (SSSR count). The van der Waals surface area contributed by atoms with Crippen LogP contribution in [0.4, 0.5) is 10.1 Å². The van der Waals surface area contributed by atoms with Crippen LogP contribution in [-0.4, -0.2) is 24.4 Å². The third-order valence-corrected chi connectivity index (χ3v) is 2.89. The summed E-state index contributed by atoms with van der Waals surface area (Å²) in [6, 6.07) is 2.79. The molecule has 0 saturated carbocycles. The van der Waals surface area contributed by atoms with E-state index in [-0.39, 0.29) is 12.2 Å². The Hall–Kier alpha value is -2.31. The first-order valence-corrected chi connectivity index (χ1v) is 6.64. The summed E-state index contributed by atoms with van der Waals surface area (Å²) in [6.45, 7) is 2.27. The number of hydrogen-bond donors (Lipinski definition) is 1. The van der Waals surface area contributed by atoms with Gasteiger partial charge in [-0.3, -0.25) is 0 Å². The molecule has 0 saturated heterocycles. The Morgan fingerprint density at radius 3 is 2.62 bits per heavy atom. The Morgan fingerprint density at radius 2 is 1.95 bits per heavy atom. The molecule has 0 fully saturated rings. The van der Waals surface area contributed by atoms with Crippen LogP contribution in [0.3, 0.4) is 0 Å². The minimum absolute atomic E-state index is 0.239. The van der Waals surface area contributed by atoms with E-state index in [4.69, 9.17) is 14.0 Å². The lowest BCUT2D eigenvalue weighted by Crippen LogP contribution is -2.03. The van der Waals surface area contributed by atoms with Crippen LogP contribution in [-0.2, 0) is 13.0 Å². The van der Waals surface area contributed by atoms with Crippen molar-refractivity contribution < 1.29 is 18.4 Å². The molecule has 0 radical (unpaired) electrons. The van der Waals surface area contributed by atoms with Gasteiger partial charge in [-0.25, -0.2) is 4.39 Å². The van der Waals surface area contributed by atoms with Crippen LogP contribution >= 0.6 is 0 Å². The molecule has 0 unspecified atom stereocenters. The van der Waals surface area contributed by atoms with Crippen molar-refractivity contribution in [1.29, 1.82) is 0 Å². The van der Waals surface area contributed by atoms with Crippen LogP contribution in [0.25, 0.3) is 0 Å². The summed E-state index contributed by atoms with van der Waals surface area (Å²) in [4.78, 5) is 4.20. The molecule has 7 heteroatoms. The standard InChI is InChI=1S/C14H18FN3O3/c1-4-5-13-17-14(21-18-13)8-16-10-7-12(20-3)11(19-2)6-9(10)15/h6-7,16H,4-5,8H2,1-3H3. The van der Waals surface area contributed by atoms with E-state index in [1.165, 1.54) is 26.4 Å². The van der Waals surface area contributed by atoms with Crippen LogP contribution in [0.15, 0.2) is 16.7 Å². The van der Waals surface area contributed by atoms with E-state index in [0.29, 0.717) is 23.2 Å². The summed E-state index contributed by atoms with van der Waals surface area (Å²) in [5, 5.41) is 6.74. The number of hydrogen-bond acceptors (Lipinski definition) is 6. The van der Waals surface area contributed by atoms with Gasteiger partial charge in [0, 0.05) is 18.6 Å². The lowest BCUT2D eigenvalue weighted by Gasteiger charge is -2.11. The third kappa shape index (κ3) is 3.62. The number of anilines is 1. The third-order valence-electron chi connectivity index (χ3n) is 2.89. The number of benzene rings is 1. The summed E-state index contributed by atoms with van der Waals surface area (Å²) < 4.78 is 29.2. The van der Waals surface area contributed by atoms with Crippen molar-refractivity contribution in [3.63, 3.8) is 0 Å². The fourth-order valence-corrected chi connectivity index (χ4v) is 1.85. The van der Waals surface area contributed by atoms with E-state index in [0.717, 1.165) is 12.8 Å². The monoisotopic (exact) mass is 295 g/mol. The minimum Gasteiger partial charge on any atom is -0.493 e. The molecule has 21 heavy (non-hydrogen) atoms. The summed E-state index contributed by atoms with van der Waals surface area (Å²) in [7, 11) is 2.95. The number of aryl methyl sites for hydroxylation is 1. The van der Waals surface area contributed by atoms with Gasteiger partial charge in [-0.1, -0.05) is 12.1 Å². The van der Waals surface area contributed by atoms with E-state index >= 15 is 0 Å². The number of aromatic nitrogens is 2. The van der Waals surface area contributed by atoms with Crippen molar-refractivity contribution in [2.75, 3.05) is 19.5 Å². The van der Waals surface area contributed by atoms with Crippen LogP contribution in [0, 0.1) is 5.82 Å². The smallest absolute Gasteiger partial charge is 0.245 e. The molecule has 0 aliphatic carbocycles. The number of methoxy groups -OCH3 is 2. The molecular weight excluding hydrogens is 277 g/mol. The predicted octanol–water partition coefficient (Wildman–Crippen LogP) is 2.79. The van der Waals surface area contributed by atoms with E-state index < -0.39 is 5.82 Å². The summed E-state index contributed by atoms with van der Waals surface area (Å²) in [5.41, 5.74) is 0.280. The Morgan fingerprint density at radius 1 is 1.24 bits per heavy atom. The number of halogens is 1. The van der Waals surface area contributed by atoms with Gasteiger partial charge in [0.15, 0.2) is 17.3 Å². The molecule has 1 N–H and O–H groups in total.